The zero-order valence-electron chi connectivity index (χ0n) is 4.73. The van der Waals surface area contributed by atoms with Gasteiger partial charge in [-0.05, 0) is 6.92 Å². The van der Waals surface area contributed by atoms with E-state index < -0.39 is 0 Å². The maximum absolute atomic E-state index is 5.22. The largest absolute Gasteiger partial charge is 0.370 e. The third-order valence-electron chi connectivity index (χ3n) is 0.599. The van der Waals surface area contributed by atoms with Crippen LogP contribution in [0.2, 0.25) is 0 Å². The number of rotatable bonds is 1. The topological polar surface area (TPSA) is 50.4 Å². The quantitative estimate of drug-likeness (QED) is 0.365. The van der Waals surface area contributed by atoms with Crippen LogP contribution in [0, 0.1) is 0 Å². The molecule has 0 aliphatic carbocycles. The first-order chi connectivity index (χ1) is 3.31. The number of guanidine groups is 1. The van der Waals surface area contributed by atoms with E-state index >= 15 is 0 Å². The second-order valence-electron chi connectivity index (χ2n) is 1.14. The molecule has 0 amide bonds. The molecule has 0 bridgehead atoms. The molecule has 0 fully saturated rings. The molecule has 0 rings (SSSR count). The van der Waals surface area contributed by atoms with E-state index in [1.54, 1.807) is 7.05 Å². The van der Waals surface area contributed by atoms with E-state index in [1.807, 2.05) is 6.92 Å². The number of nitrogens with two attached hydrogens (primary N) is 1. The third kappa shape index (κ3) is 3.09. The number of hydrogen-bond donors (Lipinski definition) is 2. The molecular formula is C4H15N3. The molecular weight excluding hydrogens is 90.1 g/mol. The maximum Gasteiger partial charge on any atom is 0.188 e. The smallest absolute Gasteiger partial charge is 0.188 e. The Kier molecular flexibility index (Phi) is 3.10. The average molecular weight is 105 g/mol. The monoisotopic (exact) mass is 105 g/mol. The van der Waals surface area contributed by atoms with E-state index in [2.05, 4.69) is 10.3 Å². The highest BCUT2D eigenvalue weighted by Crippen LogP contribution is 1.54. The summed E-state index contributed by atoms with van der Waals surface area (Å²) in [5.74, 6) is 0.502. The Morgan fingerprint density at radius 2 is 2.57 bits per heavy atom. The van der Waals surface area contributed by atoms with Crippen LogP contribution < -0.4 is 11.1 Å². The van der Waals surface area contributed by atoms with Crippen LogP contribution in [0.15, 0.2) is 4.99 Å². The lowest BCUT2D eigenvalue weighted by Crippen LogP contribution is -2.30. The third-order valence-corrected chi connectivity index (χ3v) is 0.599. The normalized spacial score (nSPS) is 11.4. The van der Waals surface area contributed by atoms with Crippen LogP contribution >= 0.6 is 0 Å². The van der Waals surface area contributed by atoms with Crippen LogP contribution in [-0.4, -0.2) is 19.6 Å². The van der Waals surface area contributed by atoms with Gasteiger partial charge in [-0.15, -0.1) is 0 Å². The fraction of sp³-hybridized carbons (Fsp3) is 0.750. The zero-order valence-corrected chi connectivity index (χ0v) is 4.73. The Labute approximate surface area is 46.6 Å². The number of nitrogens with one attached hydrogen (secondary N) is 1. The first-order valence-electron chi connectivity index (χ1n) is 2.27. The van der Waals surface area contributed by atoms with Gasteiger partial charge in [-0.1, -0.05) is 0 Å². The molecule has 3 heteroatoms. The summed E-state index contributed by atoms with van der Waals surface area (Å²) in [6.45, 7) is 2.81. The Morgan fingerprint density at radius 1 is 2.00 bits per heavy atom. The molecule has 0 spiro atoms. The second kappa shape index (κ2) is 3.46. The van der Waals surface area contributed by atoms with Gasteiger partial charge in [0.2, 0.25) is 0 Å². The van der Waals surface area contributed by atoms with Crippen LogP contribution in [0.4, 0.5) is 0 Å². The minimum atomic E-state index is 0. The van der Waals surface area contributed by atoms with Crippen LogP contribution in [0.1, 0.15) is 9.78 Å². The van der Waals surface area contributed by atoms with Gasteiger partial charge in [0.15, 0.2) is 5.96 Å². The van der Waals surface area contributed by atoms with Crippen molar-refractivity contribution in [1.82, 2.24) is 5.32 Å². The van der Waals surface area contributed by atoms with Crippen molar-refractivity contribution in [2.24, 2.45) is 10.7 Å². The van der Waals surface area contributed by atoms with Gasteiger partial charge >= 0.3 is 0 Å². The fourth-order valence-electron chi connectivity index (χ4n) is 0.260. The van der Waals surface area contributed by atoms with E-state index in [4.69, 9.17) is 5.73 Å². The summed E-state index contributed by atoms with van der Waals surface area (Å²) in [4.78, 5) is 3.66. The highest BCUT2D eigenvalue weighted by molar-refractivity contribution is 5.77. The van der Waals surface area contributed by atoms with Gasteiger partial charge in [0.25, 0.3) is 0 Å². The van der Waals surface area contributed by atoms with Gasteiger partial charge in [-0.25, -0.2) is 0 Å². The van der Waals surface area contributed by atoms with Crippen molar-refractivity contribution in [2.75, 3.05) is 13.6 Å². The molecule has 0 heterocycles. The minimum Gasteiger partial charge on any atom is -0.370 e. The molecule has 0 radical (unpaired) electrons. The van der Waals surface area contributed by atoms with Crippen molar-refractivity contribution in [3.05, 3.63) is 0 Å². The molecule has 0 saturated carbocycles. The molecule has 0 aromatic rings. The van der Waals surface area contributed by atoms with Crippen molar-refractivity contribution < 1.29 is 2.85 Å². The molecule has 0 aliphatic rings. The molecule has 3 nitrogen and oxygen atoms in total. The van der Waals surface area contributed by atoms with Gasteiger partial charge < -0.3 is 11.1 Å². The van der Waals surface area contributed by atoms with Crippen molar-refractivity contribution >= 4 is 5.96 Å². The summed E-state index contributed by atoms with van der Waals surface area (Å²) < 4.78 is 0. The average Bonchev–Trinajstić information content (AvgIpc) is 1.68. The SMILES string of the molecule is CCNC(N)=NC.[HH].[HH]. The van der Waals surface area contributed by atoms with Gasteiger partial charge in [0.1, 0.15) is 0 Å². The summed E-state index contributed by atoms with van der Waals surface area (Å²) in [6, 6.07) is 0. The molecule has 3 N–H and O–H groups in total. The summed E-state index contributed by atoms with van der Waals surface area (Å²) in [5.41, 5.74) is 5.22. The summed E-state index contributed by atoms with van der Waals surface area (Å²) in [5, 5.41) is 2.82. The number of hydrogen-bond acceptors (Lipinski definition) is 1. The highest BCUT2D eigenvalue weighted by Gasteiger charge is 1.77. The predicted octanol–water partition coefficient (Wildman–Crippen LogP) is 0.0324. The van der Waals surface area contributed by atoms with Crippen molar-refractivity contribution in [1.29, 1.82) is 0 Å². The Hall–Kier alpha value is -0.730. The Bertz CT molecular complexity index is 74.2. The van der Waals surface area contributed by atoms with E-state index in [0.29, 0.717) is 5.96 Å². The molecule has 0 saturated heterocycles. The van der Waals surface area contributed by atoms with Crippen LogP contribution in [0.25, 0.3) is 0 Å². The van der Waals surface area contributed by atoms with Crippen LogP contribution in [-0.2, 0) is 0 Å². The van der Waals surface area contributed by atoms with Gasteiger partial charge in [0, 0.05) is 16.4 Å². The maximum atomic E-state index is 5.22. The van der Waals surface area contributed by atoms with E-state index in [9.17, 15) is 0 Å². The van der Waals surface area contributed by atoms with Crippen molar-refractivity contribution in [3.8, 4) is 0 Å². The van der Waals surface area contributed by atoms with Gasteiger partial charge in [-0.2, -0.15) is 0 Å². The fourth-order valence-corrected chi connectivity index (χ4v) is 0.260. The molecule has 7 heavy (non-hydrogen) atoms. The van der Waals surface area contributed by atoms with Crippen LogP contribution in [0.5, 0.6) is 0 Å². The lowest BCUT2D eigenvalue weighted by molar-refractivity contribution is 0.950. The Morgan fingerprint density at radius 3 is 2.71 bits per heavy atom. The number of nitrogens with zero attached hydrogens (tertiary/aromatic N) is 1. The predicted molar refractivity (Wildman–Crippen MR) is 35.5 cm³/mol. The lowest BCUT2D eigenvalue weighted by atomic mass is 10.7. The molecule has 0 aromatic heterocycles. The molecule has 0 aromatic carbocycles. The second-order valence-corrected chi connectivity index (χ2v) is 1.14. The molecule has 0 unspecified atom stereocenters. The summed E-state index contributed by atoms with van der Waals surface area (Å²) in [7, 11) is 1.65. The zero-order chi connectivity index (χ0) is 5.70. The van der Waals surface area contributed by atoms with E-state index in [-0.39, 0.29) is 2.85 Å². The first kappa shape index (κ1) is 6.27. The van der Waals surface area contributed by atoms with E-state index in [1.165, 1.54) is 0 Å². The minimum absolute atomic E-state index is 0. The number of aliphatic imine (C=N–C) groups is 1. The molecule has 46 valence electrons. The summed E-state index contributed by atoms with van der Waals surface area (Å²) in [6.07, 6.45) is 0. The highest BCUT2D eigenvalue weighted by atomic mass is 15.1. The first-order valence-corrected chi connectivity index (χ1v) is 2.27. The molecule has 0 atom stereocenters. The molecule has 0 aliphatic heterocycles. The van der Waals surface area contributed by atoms with Gasteiger partial charge in [0.05, 0.1) is 0 Å². The van der Waals surface area contributed by atoms with E-state index in [0.717, 1.165) is 6.54 Å². The van der Waals surface area contributed by atoms with Crippen molar-refractivity contribution in [3.63, 3.8) is 0 Å². The lowest BCUT2D eigenvalue weighted by Gasteiger charge is -1.96. The van der Waals surface area contributed by atoms with Gasteiger partial charge in [-0.3, -0.25) is 4.99 Å². The standard InChI is InChI=1S/C4H11N3.2H2/c1-3-7-4(5)6-2;;/h3H2,1-2H3,(H3,5,6,7);2*1H. The summed E-state index contributed by atoms with van der Waals surface area (Å²) >= 11 is 0. The Balaban J connectivity index is -0.000000180. The van der Waals surface area contributed by atoms with Crippen molar-refractivity contribution in [2.45, 2.75) is 6.92 Å². The van der Waals surface area contributed by atoms with Crippen LogP contribution in [0.3, 0.4) is 0 Å².